The zero-order valence-corrected chi connectivity index (χ0v) is 13.7. The Balaban J connectivity index is 2.00. The van der Waals surface area contributed by atoms with Crippen molar-refractivity contribution in [1.82, 2.24) is 9.97 Å². The Kier molecular flexibility index (Phi) is 4.03. The summed E-state index contributed by atoms with van der Waals surface area (Å²) >= 11 is 0. The number of benzene rings is 1. The van der Waals surface area contributed by atoms with Crippen LogP contribution < -0.4 is 5.73 Å². The molecule has 0 bridgehead atoms. The molecule has 0 radical (unpaired) electrons. The maximum Gasteiger partial charge on any atom is 0.424 e. The summed E-state index contributed by atoms with van der Waals surface area (Å²) in [6.45, 7) is 2.35. The zero-order valence-electron chi connectivity index (χ0n) is 13.7. The van der Waals surface area contributed by atoms with E-state index in [1.54, 1.807) is 31.5 Å². The molecule has 2 aromatic rings. The van der Waals surface area contributed by atoms with Crippen LogP contribution in [-0.4, -0.2) is 34.2 Å². The van der Waals surface area contributed by atoms with Crippen LogP contribution in [0.3, 0.4) is 0 Å². The first-order valence-electron chi connectivity index (χ1n) is 7.58. The van der Waals surface area contributed by atoms with Crippen LogP contribution in [0.15, 0.2) is 48.0 Å². The second kappa shape index (κ2) is 5.80. The van der Waals surface area contributed by atoms with Crippen LogP contribution in [0.1, 0.15) is 19.4 Å². The van der Waals surface area contributed by atoms with E-state index < -0.39 is 23.2 Å². The molecular weight excluding hydrogens is 333 g/mol. The second-order valence-electron chi connectivity index (χ2n) is 6.30. The fourth-order valence-corrected chi connectivity index (χ4v) is 2.62. The molecule has 25 heavy (non-hydrogen) atoms. The van der Waals surface area contributed by atoms with E-state index in [4.69, 9.17) is 10.5 Å². The number of nitrogens with zero attached hydrogens (tertiary/aromatic N) is 3. The van der Waals surface area contributed by atoms with Crippen LogP contribution in [0.4, 0.5) is 13.2 Å². The van der Waals surface area contributed by atoms with Gasteiger partial charge in [0, 0.05) is 18.0 Å². The summed E-state index contributed by atoms with van der Waals surface area (Å²) in [7, 11) is 0. The Hall–Kier alpha value is -2.48. The average molecular weight is 350 g/mol. The summed E-state index contributed by atoms with van der Waals surface area (Å²) in [5.74, 6) is -0.581. The van der Waals surface area contributed by atoms with Gasteiger partial charge in [0.2, 0.25) is 5.60 Å². The number of alkyl halides is 3. The highest BCUT2D eigenvalue weighted by atomic mass is 19.4. The molecule has 132 valence electrons. The summed E-state index contributed by atoms with van der Waals surface area (Å²) in [6, 6.07) is 7.27. The molecule has 8 heteroatoms. The number of halogens is 3. The van der Waals surface area contributed by atoms with E-state index in [1.165, 1.54) is 6.33 Å². The lowest BCUT2D eigenvalue weighted by Crippen LogP contribution is -2.60. The van der Waals surface area contributed by atoms with Crippen LogP contribution >= 0.6 is 0 Å². The molecule has 0 saturated carbocycles. The van der Waals surface area contributed by atoms with Gasteiger partial charge in [-0.1, -0.05) is 18.2 Å². The number of rotatable bonds is 2. The van der Waals surface area contributed by atoms with Gasteiger partial charge >= 0.3 is 6.18 Å². The highest BCUT2D eigenvalue weighted by molar-refractivity contribution is 5.90. The van der Waals surface area contributed by atoms with Gasteiger partial charge in [0.25, 0.3) is 0 Å². The average Bonchev–Trinajstić information content (AvgIpc) is 2.58. The molecule has 5 nitrogen and oxygen atoms in total. The highest BCUT2D eigenvalue weighted by Crippen LogP contribution is 2.41. The summed E-state index contributed by atoms with van der Waals surface area (Å²) in [6.07, 6.45) is 0.103. The van der Waals surface area contributed by atoms with Crippen LogP contribution in [0.25, 0.3) is 11.1 Å². The van der Waals surface area contributed by atoms with E-state index in [0.717, 1.165) is 18.1 Å². The number of aliphatic imine (C=N–C) groups is 1. The maximum atomic E-state index is 13.2. The summed E-state index contributed by atoms with van der Waals surface area (Å²) in [5, 5.41) is 0. The number of hydrogen-bond donors (Lipinski definition) is 1. The van der Waals surface area contributed by atoms with E-state index in [0.29, 0.717) is 5.56 Å². The van der Waals surface area contributed by atoms with E-state index in [9.17, 15) is 13.2 Å². The normalized spacial score (nSPS) is 27.0. The molecule has 0 aliphatic carbocycles. The molecule has 0 amide bonds. The zero-order chi connectivity index (χ0) is 18.3. The van der Waals surface area contributed by atoms with Crippen LogP contribution in [0.2, 0.25) is 0 Å². The molecule has 2 heterocycles. The lowest BCUT2D eigenvalue weighted by molar-refractivity contribution is -0.249. The van der Waals surface area contributed by atoms with Gasteiger partial charge in [0.1, 0.15) is 17.7 Å². The topological polar surface area (TPSA) is 73.4 Å². The minimum Gasteiger partial charge on any atom is -0.385 e. The molecule has 2 N–H and O–H groups in total. The van der Waals surface area contributed by atoms with Gasteiger partial charge < -0.3 is 10.5 Å². The third kappa shape index (κ3) is 2.97. The SMILES string of the molecule is C[C@]1(C(F)(F)F)OC[C@@](C)(c2cccc(-c3cncnc3)c2)N=C1N. The Labute approximate surface area is 142 Å². The molecule has 0 spiro atoms. The van der Waals surface area contributed by atoms with Crippen molar-refractivity contribution in [2.24, 2.45) is 10.7 Å². The Morgan fingerprint density at radius 2 is 1.80 bits per heavy atom. The number of hydrogen-bond acceptors (Lipinski definition) is 5. The van der Waals surface area contributed by atoms with E-state index in [1.807, 2.05) is 12.1 Å². The van der Waals surface area contributed by atoms with Crippen molar-refractivity contribution in [2.75, 3.05) is 6.61 Å². The van der Waals surface area contributed by atoms with Gasteiger partial charge in [0.05, 0.1) is 6.61 Å². The lowest BCUT2D eigenvalue weighted by Gasteiger charge is -2.41. The molecule has 0 unspecified atom stereocenters. The second-order valence-corrected chi connectivity index (χ2v) is 6.30. The fourth-order valence-electron chi connectivity index (χ4n) is 2.62. The molecule has 1 aromatic carbocycles. The van der Waals surface area contributed by atoms with Crippen molar-refractivity contribution in [3.63, 3.8) is 0 Å². The molecular formula is C17H17F3N4O. The first-order chi connectivity index (χ1) is 11.7. The van der Waals surface area contributed by atoms with Gasteiger partial charge in [-0.2, -0.15) is 13.2 Å². The van der Waals surface area contributed by atoms with Gasteiger partial charge in [-0.15, -0.1) is 0 Å². The molecule has 1 aliphatic heterocycles. The van der Waals surface area contributed by atoms with Crippen molar-refractivity contribution < 1.29 is 17.9 Å². The smallest absolute Gasteiger partial charge is 0.385 e. The largest absolute Gasteiger partial charge is 0.424 e. The third-order valence-electron chi connectivity index (χ3n) is 4.42. The molecule has 0 saturated heterocycles. The molecule has 3 rings (SSSR count). The van der Waals surface area contributed by atoms with Crippen LogP contribution in [0.5, 0.6) is 0 Å². The third-order valence-corrected chi connectivity index (χ3v) is 4.42. The van der Waals surface area contributed by atoms with Gasteiger partial charge in [0.15, 0.2) is 0 Å². The monoisotopic (exact) mass is 350 g/mol. The Bertz CT molecular complexity index is 809. The first kappa shape index (κ1) is 17.3. The summed E-state index contributed by atoms with van der Waals surface area (Å²) < 4.78 is 44.8. The fraction of sp³-hybridized carbons (Fsp3) is 0.353. The minimum absolute atomic E-state index is 0.238. The summed E-state index contributed by atoms with van der Waals surface area (Å²) in [4.78, 5) is 12.1. The minimum atomic E-state index is -4.63. The van der Waals surface area contributed by atoms with Gasteiger partial charge in [-0.05, 0) is 31.0 Å². The molecule has 2 atom stereocenters. The predicted molar refractivity (Wildman–Crippen MR) is 86.9 cm³/mol. The van der Waals surface area contributed by atoms with Gasteiger partial charge in [-0.25, -0.2) is 9.97 Å². The molecule has 0 fully saturated rings. The first-order valence-corrected chi connectivity index (χ1v) is 7.58. The van der Waals surface area contributed by atoms with E-state index in [2.05, 4.69) is 15.0 Å². The lowest BCUT2D eigenvalue weighted by atomic mass is 9.88. The van der Waals surface area contributed by atoms with Gasteiger partial charge in [-0.3, -0.25) is 4.99 Å². The van der Waals surface area contributed by atoms with Crippen molar-refractivity contribution in [3.8, 4) is 11.1 Å². The number of nitrogens with two attached hydrogens (primary N) is 1. The number of ether oxygens (including phenoxy) is 1. The highest BCUT2D eigenvalue weighted by Gasteiger charge is 2.58. The van der Waals surface area contributed by atoms with E-state index in [-0.39, 0.29) is 6.61 Å². The Morgan fingerprint density at radius 1 is 1.12 bits per heavy atom. The van der Waals surface area contributed by atoms with Crippen molar-refractivity contribution in [1.29, 1.82) is 0 Å². The maximum absolute atomic E-state index is 13.2. The standard InChI is InChI=1S/C17H17F3N4O/c1-15(9-25-16(2,14(21)24-15)17(18,19)20)13-5-3-4-11(6-13)12-7-22-10-23-8-12/h3-8,10H,9H2,1-2H3,(H2,21,24)/t15-,16-/m0/s1. The van der Waals surface area contributed by atoms with Crippen molar-refractivity contribution in [2.45, 2.75) is 31.2 Å². The quantitative estimate of drug-likeness (QED) is 0.903. The molecule has 1 aliphatic rings. The predicted octanol–water partition coefficient (Wildman–Crippen LogP) is 3.07. The van der Waals surface area contributed by atoms with Crippen LogP contribution in [0, 0.1) is 0 Å². The van der Waals surface area contributed by atoms with E-state index >= 15 is 0 Å². The van der Waals surface area contributed by atoms with Crippen molar-refractivity contribution >= 4 is 5.84 Å². The number of amidine groups is 1. The Morgan fingerprint density at radius 3 is 2.40 bits per heavy atom. The number of aromatic nitrogens is 2. The molecule has 1 aromatic heterocycles. The van der Waals surface area contributed by atoms with Crippen molar-refractivity contribution in [3.05, 3.63) is 48.5 Å². The summed E-state index contributed by atoms with van der Waals surface area (Å²) in [5.41, 5.74) is 4.38. The van der Waals surface area contributed by atoms with Crippen LogP contribution in [-0.2, 0) is 10.3 Å².